The van der Waals surface area contributed by atoms with E-state index in [-0.39, 0.29) is 5.75 Å². The van der Waals surface area contributed by atoms with E-state index in [2.05, 4.69) is 0 Å². The first-order valence-electron chi connectivity index (χ1n) is 5.23. The number of hydrogen-bond donors (Lipinski definition) is 0. The average Bonchev–Trinajstić information content (AvgIpc) is 2.37. The van der Waals surface area contributed by atoms with Crippen molar-refractivity contribution in [3.8, 4) is 23.3 Å². The summed E-state index contributed by atoms with van der Waals surface area (Å²) in [4.78, 5) is 0. The fourth-order valence-electron chi connectivity index (χ4n) is 1.25. The second-order valence-corrected chi connectivity index (χ2v) is 3.58. The van der Waals surface area contributed by atoms with Gasteiger partial charge in [-0.3, -0.25) is 0 Å². The van der Waals surface area contributed by atoms with E-state index in [0.29, 0.717) is 11.5 Å². The second-order valence-electron chi connectivity index (χ2n) is 3.58. The highest BCUT2D eigenvalue weighted by molar-refractivity contribution is 5.42. The minimum atomic E-state index is -4.61. The molecule has 0 aliphatic carbocycles. The molecule has 0 amide bonds. The molecule has 0 spiro atoms. The van der Waals surface area contributed by atoms with Gasteiger partial charge in [0, 0.05) is 18.2 Å². The van der Waals surface area contributed by atoms with E-state index >= 15 is 0 Å². The lowest BCUT2D eigenvalue weighted by molar-refractivity contribution is -0.165. The van der Waals surface area contributed by atoms with Crippen molar-refractivity contribution < 1.29 is 27.4 Å². The van der Waals surface area contributed by atoms with Gasteiger partial charge in [-0.15, -0.1) is 0 Å². The van der Waals surface area contributed by atoms with E-state index in [1.807, 2.05) is 0 Å². The Hall–Kier alpha value is -2.10. The van der Waals surface area contributed by atoms with Crippen molar-refractivity contribution in [3.63, 3.8) is 0 Å². The number of rotatable bonds is 5. The Bertz CT molecular complexity index is 446. The smallest absolute Gasteiger partial charge is 0.407 e. The molecule has 0 aromatic heterocycles. The largest absolute Gasteiger partial charge is 0.496 e. The minimum Gasteiger partial charge on any atom is -0.496 e. The van der Waals surface area contributed by atoms with Crippen LogP contribution in [0.1, 0.15) is 0 Å². The number of hydrogen-bond acceptors (Lipinski definition) is 4. The molecule has 1 aromatic rings. The molecular weight excluding hydrogens is 263 g/mol. The van der Waals surface area contributed by atoms with Gasteiger partial charge < -0.3 is 14.2 Å². The highest BCUT2D eigenvalue weighted by Crippen LogP contribution is 2.30. The summed E-state index contributed by atoms with van der Waals surface area (Å²) in [5.74, 6) is -1.27. The molecule has 7 heteroatoms. The van der Waals surface area contributed by atoms with Crippen LogP contribution in [0.25, 0.3) is 0 Å². The first kappa shape index (κ1) is 15.0. The molecule has 4 nitrogen and oxygen atoms in total. The summed E-state index contributed by atoms with van der Waals surface area (Å²) >= 11 is 0. The predicted molar refractivity (Wildman–Crippen MR) is 60.2 cm³/mol. The van der Waals surface area contributed by atoms with Gasteiger partial charge in [0.1, 0.15) is 23.9 Å². The number of halogens is 3. The van der Waals surface area contributed by atoms with Crippen LogP contribution in [0.5, 0.6) is 17.2 Å². The number of nitriles is 1. The Morgan fingerprint density at radius 3 is 1.95 bits per heavy atom. The van der Waals surface area contributed by atoms with Crippen molar-refractivity contribution in [1.29, 1.82) is 5.26 Å². The third-order valence-corrected chi connectivity index (χ3v) is 2.29. The normalized spacial score (nSPS) is 12.4. The van der Waals surface area contributed by atoms with Gasteiger partial charge in [-0.2, -0.15) is 18.4 Å². The molecule has 1 aromatic carbocycles. The zero-order chi connectivity index (χ0) is 14.5. The molecule has 0 saturated heterocycles. The van der Waals surface area contributed by atoms with Crippen LogP contribution in [-0.4, -0.2) is 27.0 Å². The van der Waals surface area contributed by atoms with Gasteiger partial charge in [0.15, 0.2) is 5.92 Å². The minimum absolute atomic E-state index is 0.140. The maximum Gasteiger partial charge on any atom is 0.407 e. The molecule has 0 fully saturated rings. The number of methoxy groups -OCH3 is 2. The van der Waals surface area contributed by atoms with Crippen LogP contribution in [0.4, 0.5) is 13.2 Å². The molecule has 0 aliphatic rings. The standard InChI is InChI=1S/C12H12F3NO3/c1-17-9-3-10(18-2)5-11(4-9)19-7-8(6-16)12(13,14)15/h3-5,8H,7H2,1-2H3. The Balaban J connectivity index is 2.80. The molecule has 1 rings (SSSR count). The first-order chi connectivity index (χ1) is 8.90. The van der Waals surface area contributed by atoms with E-state index in [4.69, 9.17) is 19.5 Å². The Morgan fingerprint density at radius 1 is 1.11 bits per heavy atom. The van der Waals surface area contributed by atoms with Crippen LogP contribution >= 0.6 is 0 Å². The predicted octanol–water partition coefficient (Wildman–Crippen LogP) is 2.78. The van der Waals surface area contributed by atoms with E-state index in [9.17, 15) is 13.2 Å². The van der Waals surface area contributed by atoms with Gasteiger partial charge >= 0.3 is 6.18 Å². The molecule has 104 valence electrons. The summed E-state index contributed by atoms with van der Waals surface area (Å²) in [6.07, 6.45) is -4.61. The lowest BCUT2D eigenvalue weighted by atomic mass is 10.2. The molecule has 0 saturated carbocycles. The maximum atomic E-state index is 12.4. The lowest BCUT2D eigenvalue weighted by Crippen LogP contribution is -2.27. The maximum absolute atomic E-state index is 12.4. The number of alkyl halides is 3. The van der Waals surface area contributed by atoms with Crippen molar-refractivity contribution >= 4 is 0 Å². The third kappa shape index (κ3) is 4.25. The van der Waals surface area contributed by atoms with Crippen molar-refractivity contribution in [3.05, 3.63) is 18.2 Å². The van der Waals surface area contributed by atoms with E-state index in [1.165, 1.54) is 26.4 Å². The average molecular weight is 275 g/mol. The van der Waals surface area contributed by atoms with Crippen LogP contribution in [-0.2, 0) is 0 Å². The lowest BCUT2D eigenvalue weighted by Gasteiger charge is -2.15. The van der Waals surface area contributed by atoms with Gasteiger partial charge in [-0.05, 0) is 0 Å². The van der Waals surface area contributed by atoms with Gasteiger partial charge in [0.05, 0.1) is 20.3 Å². The van der Waals surface area contributed by atoms with Crippen molar-refractivity contribution in [1.82, 2.24) is 0 Å². The molecule has 1 unspecified atom stereocenters. The van der Waals surface area contributed by atoms with Crippen LogP contribution in [0.15, 0.2) is 18.2 Å². The molecule has 19 heavy (non-hydrogen) atoms. The zero-order valence-electron chi connectivity index (χ0n) is 10.3. The molecule has 0 bridgehead atoms. The molecule has 0 N–H and O–H groups in total. The fraction of sp³-hybridized carbons (Fsp3) is 0.417. The van der Waals surface area contributed by atoms with Crippen molar-refractivity contribution in [2.24, 2.45) is 5.92 Å². The molecular formula is C12H12F3NO3. The van der Waals surface area contributed by atoms with E-state index in [1.54, 1.807) is 6.07 Å². The summed E-state index contributed by atoms with van der Waals surface area (Å²) < 4.78 is 52.0. The third-order valence-electron chi connectivity index (χ3n) is 2.29. The van der Waals surface area contributed by atoms with Crippen LogP contribution in [0, 0.1) is 17.2 Å². The zero-order valence-corrected chi connectivity index (χ0v) is 10.3. The topological polar surface area (TPSA) is 51.5 Å². The van der Waals surface area contributed by atoms with Crippen molar-refractivity contribution in [2.75, 3.05) is 20.8 Å². The number of benzene rings is 1. The first-order valence-corrected chi connectivity index (χ1v) is 5.23. The van der Waals surface area contributed by atoms with Crippen molar-refractivity contribution in [2.45, 2.75) is 6.18 Å². The van der Waals surface area contributed by atoms with Crippen LogP contribution in [0.2, 0.25) is 0 Å². The summed E-state index contributed by atoms with van der Waals surface area (Å²) in [6, 6.07) is 5.53. The Kier molecular flexibility index (Phi) is 4.87. The monoisotopic (exact) mass is 275 g/mol. The fourth-order valence-corrected chi connectivity index (χ4v) is 1.25. The second kappa shape index (κ2) is 6.18. The van der Waals surface area contributed by atoms with E-state index < -0.39 is 18.7 Å². The van der Waals surface area contributed by atoms with Crippen LogP contribution < -0.4 is 14.2 Å². The number of nitrogens with zero attached hydrogens (tertiary/aromatic N) is 1. The Labute approximate surface area is 108 Å². The molecule has 1 atom stereocenters. The summed E-state index contributed by atoms with van der Waals surface area (Å²) in [5, 5.41) is 8.44. The van der Waals surface area contributed by atoms with Gasteiger partial charge in [-0.1, -0.05) is 0 Å². The highest BCUT2D eigenvalue weighted by Gasteiger charge is 2.40. The Morgan fingerprint density at radius 2 is 1.58 bits per heavy atom. The molecule has 0 radical (unpaired) electrons. The summed E-state index contributed by atoms with van der Waals surface area (Å²) in [6.45, 7) is -0.781. The molecule has 0 heterocycles. The van der Waals surface area contributed by atoms with Gasteiger partial charge in [0.25, 0.3) is 0 Å². The SMILES string of the molecule is COc1cc(OC)cc(OCC(C#N)C(F)(F)F)c1. The van der Waals surface area contributed by atoms with Gasteiger partial charge in [-0.25, -0.2) is 0 Å². The summed E-state index contributed by atoms with van der Waals surface area (Å²) in [5.41, 5.74) is 0. The summed E-state index contributed by atoms with van der Waals surface area (Å²) in [7, 11) is 2.82. The quantitative estimate of drug-likeness (QED) is 0.829. The van der Waals surface area contributed by atoms with Gasteiger partial charge in [0.2, 0.25) is 0 Å². The number of ether oxygens (including phenoxy) is 3. The van der Waals surface area contributed by atoms with Crippen LogP contribution in [0.3, 0.4) is 0 Å². The highest BCUT2D eigenvalue weighted by atomic mass is 19.4. The van der Waals surface area contributed by atoms with E-state index in [0.717, 1.165) is 6.07 Å². The molecule has 0 aliphatic heterocycles.